The Balaban J connectivity index is 1.47. The van der Waals surface area contributed by atoms with Gasteiger partial charge >= 0.3 is 0 Å². The van der Waals surface area contributed by atoms with Crippen LogP contribution in [-0.2, 0) is 4.74 Å². The van der Waals surface area contributed by atoms with Crippen LogP contribution in [0.1, 0.15) is 47.6 Å². The van der Waals surface area contributed by atoms with Gasteiger partial charge in [0.1, 0.15) is 5.39 Å². The minimum Gasteiger partial charge on any atom is -0.378 e. The molecule has 2 unspecified atom stereocenters. The van der Waals surface area contributed by atoms with Crippen LogP contribution in [0.4, 0.5) is 11.5 Å². The lowest BCUT2D eigenvalue weighted by atomic mass is 9.85. The van der Waals surface area contributed by atoms with Gasteiger partial charge in [0.2, 0.25) is 0 Å². The molecule has 2 aliphatic rings. The van der Waals surface area contributed by atoms with E-state index in [9.17, 15) is 14.9 Å². The molecule has 3 aromatic rings. The zero-order valence-electron chi connectivity index (χ0n) is 19.2. The van der Waals surface area contributed by atoms with Crippen molar-refractivity contribution in [2.24, 2.45) is 5.92 Å². The lowest BCUT2D eigenvalue weighted by Crippen LogP contribution is -2.40. The summed E-state index contributed by atoms with van der Waals surface area (Å²) in [5, 5.41) is 18.2. The van der Waals surface area contributed by atoms with E-state index in [-0.39, 0.29) is 23.4 Å². The van der Waals surface area contributed by atoms with Crippen LogP contribution in [0.5, 0.6) is 0 Å². The van der Waals surface area contributed by atoms with Crippen molar-refractivity contribution in [1.82, 2.24) is 19.7 Å². The first-order chi connectivity index (χ1) is 16.6. The first-order valence-corrected chi connectivity index (χ1v) is 11.8. The molecule has 0 radical (unpaired) electrons. The zero-order chi connectivity index (χ0) is 23.7. The highest BCUT2D eigenvalue weighted by molar-refractivity contribution is 5.96. The topological polar surface area (TPSA) is 116 Å². The molecular formula is C25H28N6O3. The number of carbonyl (C=O) groups is 1. The average Bonchev–Trinajstić information content (AvgIpc) is 3.23. The van der Waals surface area contributed by atoms with Crippen LogP contribution in [0, 0.1) is 24.2 Å². The Morgan fingerprint density at radius 3 is 2.79 bits per heavy atom. The van der Waals surface area contributed by atoms with Crippen LogP contribution in [-0.4, -0.2) is 51.9 Å². The number of rotatable bonds is 4. The van der Waals surface area contributed by atoms with Gasteiger partial charge in [0.05, 0.1) is 36.8 Å². The van der Waals surface area contributed by atoms with Gasteiger partial charge in [-0.3, -0.25) is 14.3 Å². The fraction of sp³-hybridized carbons (Fsp3) is 0.440. The number of morpholine rings is 1. The maximum atomic E-state index is 12.9. The molecule has 2 fully saturated rings. The summed E-state index contributed by atoms with van der Waals surface area (Å²) in [6.07, 6.45) is 5.39. The smallest absolute Gasteiger partial charge is 0.261 e. The van der Waals surface area contributed by atoms with E-state index in [1.807, 2.05) is 40.8 Å². The number of ether oxygens (including phenoxy) is 1. The van der Waals surface area contributed by atoms with E-state index in [0.717, 1.165) is 36.9 Å². The molecule has 2 N–H and O–H groups in total. The highest BCUT2D eigenvalue weighted by Crippen LogP contribution is 2.36. The summed E-state index contributed by atoms with van der Waals surface area (Å²) in [6, 6.07) is 9.75. The summed E-state index contributed by atoms with van der Waals surface area (Å²) in [4.78, 5) is 30.2. The molecule has 1 aliphatic carbocycles. The number of nitrogens with one attached hydrogen (secondary N) is 2. The number of hydrogen-bond acceptors (Lipinski definition) is 6. The Bertz CT molecular complexity index is 1310. The average molecular weight is 461 g/mol. The molecular weight excluding hydrogens is 432 g/mol. The predicted octanol–water partition coefficient (Wildman–Crippen LogP) is 3.50. The van der Waals surface area contributed by atoms with Gasteiger partial charge in [-0.1, -0.05) is 12.8 Å². The van der Waals surface area contributed by atoms with Crippen LogP contribution >= 0.6 is 0 Å². The van der Waals surface area contributed by atoms with E-state index in [1.54, 1.807) is 6.20 Å². The number of aromatic nitrogens is 3. The Morgan fingerprint density at radius 1 is 1.24 bits per heavy atom. The molecule has 1 aliphatic heterocycles. The molecule has 0 bridgehead atoms. The highest BCUT2D eigenvalue weighted by atomic mass is 16.5. The van der Waals surface area contributed by atoms with Crippen LogP contribution in [0.25, 0.3) is 10.9 Å². The third-order valence-electron chi connectivity index (χ3n) is 6.86. The molecule has 9 nitrogen and oxygen atoms in total. The van der Waals surface area contributed by atoms with Gasteiger partial charge in [0, 0.05) is 30.5 Å². The lowest BCUT2D eigenvalue weighted by Gasteiger charge is -2.27. The predicted molar refractivity (Wildman–Crippen MR) is 128 cm³/mol. The van der Waals surface area contributed by atoms with Crippen molar-refractivity contribution in [3.63, 3.8) is 0 Å². The third kappa shape index (κ3) is 4.05. The van der Waals surface area contributed by atoms with Gasteiger partial charge < -0.3 is 19.9 Å². The second-order valence-corrected chi connectivity index (χ2v) is 9.01. The first kappa shape index (κ1) is 22.2. The number of pyridine rings is 1. The van der Waals surface area contributed by atoms with Crippen LogP contribution < -0.4 is 10.9 Å². The number of amides is 1. The van der Waals surface area contributed by atoms with Crippen molar-refractivity contribution >= 4 is 28.3 Å². The summed E-state index contributed by atoms with van der Waals surface area (Å²) in [5.74, 6) is 0.320. The molecule has 34 heavy (non-hydrogen) atoms. The van der Waals surface area contributed by atoms with Crippen molar-refractivity contribution in [2.75, 3.05) is 31.6 Å². The fourth-order valence-corrected chi connectivity index (χ4v) is 5.05. The molecule has 176 valence electrons. The molecule has 3 heterocycles. The molecule has 1 saturated heterocycles. The lowest BCUT2D eigenvalue weighted by molar-refractivity contribution is 0.0302. The Morgan fingerprint density at radius 2 is 2.03 bits per heavy atom. The molecule has 2 aromatic heterocycles. The summed E-state index contributed by atoms with van der Waals surface area (Å²) in [6.45, 7) is 4.21. The number of benzene rings is 1. The molecule has 5 rings (SSSR count). The number of anilines is 2. The maximum Gasteiger partial charge on any atom is 0.261 e. The monoisotopic (exact) mass is 460 g/mol. The van der Waals surface area contributed by atoms with E-state index in [4.69, 9.17) is 9.84 Å². The number of nitriles is 1. The standard InChI is InChI=1S/C25H28N6O3/c1-16-14-18(6-7-19(16)25(33)30-10-12-34-13-11-30)28-23-22-21(8-9-27-24(22)32)31(29-23)20-5-3-2-4-17(20)15-26/h6-9,14,17,20H,2-5,10-13H2,1H3,(H,27,32)(H,28,29). The Hall–Kier alpha value is -3.64. The molecule has 1 aromatic carbocycles. The fourth-order valence-electron chi connectivity index (χ4n) is 5.05. The molecule has 1 amide bonds. The minimum absolute atomic E-state index is 0.00151. The number of aryl methyl sites for hydroxylation is 1. The third-order valence-corrected chi connectivity index (χ3v) is 6.86. The largest absolute Gasteiger partial charge is 0.378 e. The van der Waals surface area contributed by atoms with Crippen LogP contribution in [0.15, 0.2) is 35.3 Å². The maximum absolute atomic E-state index is 12.9. The Labute approximate surface area is 197 Å². The number of H-pyrrole nitrogens is 1. The Kier molecular flexibility index (Phi) is 6.07. The summed E-state index contributed by atoms with van der Waals surface area (Å²) in [5.41, 5.74) is 2.72. The van der Waals surface area contributed by atoms with Crippen molar-refractivity contribution < 1.29 is 9.53 Å². The summed E-state index contributed by atoms with van der Waals surface area (Å²) in [7, 11) is 0. The number of nitrogens with zero attached hydrogens (tertiary/aromatic N) is 4. The normalized spacial score (nSPS) is 20.8. The summed E-state index contributed by atoms with van der Waals surface area (Å²) < 4.78 is 7.20. The molecule has 0 spiro atoms. The van der Waals surface area contributed by atoms with E-state index in [1.165, 1.54) is 0 Å². The number of hydrogen-bond donors (Lipinski definition) is 2. The van der Waals surface area contributed by atoms with Crippen LogP contribution in [0.2, 0.25) is 0 Å². The van der Waals surface area contributed by atoms with Gasteiger partial charge in [0.15, 0.2) is 5.82 Å². The van der Waals surface area contributed by atoms with Crippen molar-refractivity contribution in [1.29, 1.82) is 5.26 Å². The van der Waals surface area contributed by atoms with Crippen molar-refractivity contribution in [2.45, 2.75) is 38.6 Å². The van der Waals surface area contributed by atoms with Gasteiger partial charge in [-0.25, -0.2) is 0 Å². The minimum atomic E-state index is -0.230. The van der Waals surface area contributed by atoms with Gasteiger partial charge in [0.25, 0.3) is 11.5 Å². The molecule has 9 heteroatoms. The first-order valence-electron chi connectivity index (χ1n) is 11.8. The van der Waals surface area contributed by atoms with E-state index >= 15 is 0 Å². The molecule has 2 atom stereocenters. The van der Waals surface area contributed by atoms with Crippen molar-refractivity contribution in [3.05, 3.63) is 51.9 Å². The second kappa shape index (κ2) is 9.31. The number of aromatic amines is 1. The van der Waals surface area contributed by atoms with E-state index in [2.05, 4.69) is 16.4 Å². The highest BCUT2D eigenvalue weighted by Gasteiger charge is 2.30. The quantitative estimate of drug-likeness (QED) is 0.616. The second-order valence-electron chi connectivity index (χ2n) is 9.01. The van der Waals surface area contributed by atoms with E-state index < -0.39 is 0 Å². The van der Waals surface area contributed by atoms with E-state index in [0.29, 0.717) is 48.6 Å². The molecule has 1 saturated carbocycles. The summed E-state index contributed by atoms with van der Waals surface area (Å²) >= 11 is 0. The SMILES string of the molecule is Cc1cc(Nc2nn(C3CCCCC3C#N)c3cc[nH]c(=O)c23)ccc1C(=O)N1CCOCC1. The van der Waals surface area contributed by atoms with Gasteiger partial charge in [-0.2, -0.15) is 10.4 Å². The number of fused-ring (bicyclic) bond motifs is 1. The number of carbonyl (C=O) groups excluding carboxylic acids is 1. The van der Waals surface area contributed by atoms with Crippen LogP contribution in [0.3, 0.4) is 0 Å². The van der Waals surface area contributed by atoms with Gasteiger partial charge in [-0.15, -0.1) is 0 Å². The van der Waals surface area contributed by atoms with Crippen molar-refractivity contribution in [3.8, 4) is 6.07 Å². The van der Waals surface area contributed by atoms with Gasteiger partial charge in [-0.05, 0) is 49.6 Å². The zero-order valence-corrected chi connectivity index (χ0v) is 19.2.